The molecule has 0 unspecified atom stereocenters. The van der Waals surface area contributed by atoms with Crippen LogP contribution in [0.25, 0.3) is 0 Å². The van der Waals surface area contributed by atoms with E-state index in [-0.39, 0.29) is 18.0 Å². The van der Waals surface area contributed by atoms with Crippen LogP contribution >= 0.6 is 0 Å². The fraction of sp³-hybridized carbons (Fsp3) is 0.846. The normalized spacial score (nSPS) is 23.4. The molecule has 0 spiro atoms. The number of aliphatic carboxylic acids is 1. The maximum absolute atomic E-state index is 11.7. The highest BCUT2D eigenvalue weighted by Gasteiger charge is 2.50. The molecule has 2 rings (SSSR count). The molecule has 0 aromatic heterocycles. The standard InChI is InChI=1S/C13H22N2O4/c1-12(4-6-19-7-5-12)8-14-11(18)15-9-13(2-3-13)10(16)17/h2-9H2,1H3,(H,16,17)(H2,14,15,18). The Labute approximate surface area is 112 Å². The molecule has 0 bridgehead atoms. The molecule has 6 heteroatoms. The number of carboxylic acid groups (broad SMARTS) is 1. The molecule has 19 heavy (non-hydrogen) atoms. The van der Waals surface area contributed by atoms with Crippen LogP contribution in [0.3, 0.4) is 0 Å². The van der Waals surface area contributed by atoms with Crippen molar-refractivity contribution in [3.63, 3.8) is 0 Å². The number of urea groups is 1. The topological polar surface area (TPSA) is 87.7 Å². The molecule has 1 heterocycles. The largest absolute Gasteiger partial charge is 0.481 e. The molecule has 0 aromatic rings. The van der Waals surface area contributed by atoms with Crippen LogP contribution in [0, 0.1) is 10.8 Å². The van der Waals surface area contributed by atoms with Crippen molar-refractivity contribution in [1.82, 2.24) is 10.6 Å². The average Bonchev–Trinajstić information content (AvgIpc) is 3.16. The minimum atomic E-state index is -0.816. The first kappa shape index (κ1) is 14.1. The lowest BCUT2D eigenvalue weighted by Crippen LogP contribution is -2.45. The van der Waals surface area contributed by atoms with Crippen molar-refractivity contribution in [3.8, 4) is 0 Å². The van der Waals surface area contributed by atoms with Gasteiger partial charge in [-0.3, -0.25) is 4.79 Å². The van der Waals surface area contributed by atoms with Crippen LogP contribution < -0.4 is 10.6 Å². The summed E-state index contributed by atoms with van der Waals surface area (Å²) in [5.41, 5.74) is -0.625. The summed E-state index contributed by atoms with van der Waals surface area (Å²) < 4.78 is 5.30. The lowest BCUT2D eigenvalue weighted by atomic mass is 9.82. The Balaban J connectivity index is 1.68. The van der Waals surface area contributed by atoms with Crippen molar-refractivity contribution in [3.05, 3.63) is 0 Å². The predicted octanol–water partition coefficient (Wildman–Crippen LogP) is 0.967. The van der Waals surface area contributed by atoms with E-state index in [9.17, 15) is 9.59 Å². The molecule has 1 aliphatic heterocycles. The second kappa shape index (κ2) is 5.36. The van der Waals surface area contributed by atoms with Crippen LogP contribution in [-0.2, 0) is 9.53 Å². The summed E-state index contributed by atoms with van der Waals surface area (Å²) in [4.78, 5) is 22.6. The number of carbonyl (C=O) groups excluding carboxylic acids is 1. The Hall–Kier alpha value is -1.30. The minimum Gasteiger partial charge on any atom is -0.481 e. The van der Waals surface area contributed by atoms with E-state index in [1.807, 2.05) is 0 Å². The second-order valence-electron chi connectivity index (χ2n) is 6.04. The summed E-state index contributed by atoms with van der Waals surface area (Å²) in [6, 6.07) is -0.278. The Bertz CT molecular complexity index is 360. The van der Waals surface area contributed by atoms with Crippen LogP contribution in [0.1, 0.15) is 32.6 Å². The van der Waals surface area contributed by atoms with Crippen molar-refractivity contribution < 1.29 is 19.4 Å². The Kier molecular flexibility index (Phi) is 3.99. The zero-order chi connectivity index (χ0) is 13.9. The van der Waals surface area contributed by atoms with Crippen molar-refractivity contribution in [2.75, 3.05) is 26.3 Å². The summed E-state index contributed by atoms with van der Waals surface area (Å²) in [6.45, 7) is 4.43. The maximum Gasteiger partial charge on any atom is 0.314 e. The van der Waals surface area contributed by atoms with Crippen LogP contribution in [0.5, 0.6) is 0 Å². The van der Waals surface area contributed by atoms with Crippen LogP contribution in [0.15, 0.2) is 0 Å². The van der Waals surface area contributed by atoms with Crippen LogP contribution in [0.2, 0.25) is 0 Å². The van der Waals surface area contributed by atoms with Gasteiger partial charge in [-0.25, -0.2) is 4.79 Å². The van der Waals surface area contributed by atoms with E-state index in [1.165, 1.54) is 0 Å². The van der Waals surface area contributed by atoms with Crippen molar-refractivity contribution in [1.29, 1.82) is 0 Å². The first-order valence-electron chi connectivity index (χ1n) is 6.79. The third-order valence-electron chi connectivity index (χ3n) is 4.27. The molecular weight excluding hydrogens is 248 g/mol. The number of ether oxygens (including phenoxy) is 1. The lowest BCUT2D eigenvalue weighted by Gasteiger charge is -2.33. The summed E-state index contributed by atoms with van der Waals surface area (Å²) in [5, 5.41) is 14.5. The number of rotatable bonds is 5. The number of hydrogen-bond acceptors (Lipinski definition) is 3. The number of amides is 2. The molecule has 0 atom stereocenters. The minimum absolute atomic E-state index is 0.0830. The molecule has 1 saturated heterocycles. The van der Waals surface area contributed by atoms with E-state index in [2.05, 4.69) is 17.6 Å². The third kappa shape index (κ3) is 3.59. The summed E-state index contributed by atoms with van der Waals surface area (Å²) in [7, 11) is 0. The van der Waals surface area contributed by atoms with Crippen molar-refractivity contribution in [2.45, 2.75) is 32.6 Å². The maximum atomic E-state index is 11.7. The zero-order valence-electron chi connectivity index (χ0n) is 11.3. The Morgan fingerprint density at radius 2 is 1.68 bits per heavy atom. The SMILES string of the molecule is CC1(CNC(=O)NCC2(C(=O)O)CC2)CCOCC1. The molecule has 2 aliphatic rings. The Morgan fingerprint density at radius 1 is 1.11 bits per heavy atom. The lowest BCUT2D eigenvalue weighted by molar-refractivity contribution is -0.143. The number of carbonyl (C=O) groups is 2. The van der Waals surface area contributed by atoms with E-state index in [0.717, 1.165) is 26.1 Å². The van der Waals surface area contributed by atoms with Gasteiger partial charge in [0.2, 0.25) is 0 Å². The van der Waals surface area contributed by atoms with Gasteiger partial charge in [-0.15, -0.1) is 0 Å². The molecule has 1 saturated carbocycles. The fourth-order valence-corrected chi connectivity index (χ4v) is 2.26. The van der Waals surface area contributed by atoms with Gasteiger partial charge in [0.05, 0.1) is 5.41 Å². The molecule has 2 amide bonds. The molecule has 3 N–H and O–H groups in total. The molecule has 0 radical (unpaired) electrons. The van der Waals surface area contributed by atoms with Gasteiger partial charge in [-0.1, -0.05) is 6.92 Å². The van der Waals surface area contributed by atoms with E-state index in [1.54, 1.807) is 0 Å². The van der Waals surface area contributed by atoms with Gasteiger partial charge < -0.3 is 20.5 Å². The van der Waals surface area contributed by atoms with E-state index in [4.69, 9.17) is 9.84 Å². The van der Waals surface area contributed by atoms with Gasteiger partial charge >= 0.3 is 12.0 Å². The zero-order valence-corrected chi connectivity index (χ0v) is 11.3. The van der Waals surface area contributed by atoms with Gasteiger partial charge in [0, 0.05) is 26.3 Å². The summed E-state index contributed by atoms with van der Waals surface area (Å²) in [5.74, 6) is -0.816. The highest BCUT2D eigenvalue weighted by molar-refractivity contribution is 5.80. The quantitative estimate of drug-likeness (QED) is 0.694. The molecule has 1 aliphatic carbocycles. The fourth-order valence-electron chi connectivity index (χ4n) is 2.26. The molecular formula is C13H22N2O4. The monoisotopic (exact) mass is 270 g/mol. The second-order valence-corrected chi connectivity index (χ2v) is 6.04. The number of nitrogens with one attached hydrogen (secondary N) is 2. The van der Waals surface area contributed by atoms with Crippen LogP contribution in [-0.4, -0.2) is 43.4 Å². The first-order chi connectivity index (χ1) is 8.96. The molecule has 2 fully saturated rings. The van der Waals surface area contributed by atoms with Gasteiger partial charge in [-0.2, -0.15) is 0 Å². The third-order valence-corrected chi connectivity index (χ3v) is 4.27. The van der Waals surface area contributed by atoms with E-state index < -0.39 is 11.4 Å². The summed E-state index contributed by atoms with van der Waals surface area (Å²) in [6.07, 6.45) is 3.17. The smallest absolute Gasteiger partial charge is 0.314 e. The predicted molar refractivity (Wildman–Crippen MR) is 68.9 cm³/mol. The molecule has 6 nitrogen and oxygen atoms in total. The van der Waals surface area contributed by atoms with Crippen LogP contribution in [0.4, 0.5) is 4.79 Å². The Morgan fingerprint density at radius 3 is 2.21 bits per heavy atom. The highest BCUT2D eigenvalue weighted by atomic mass is 16.5. The van der Waals surface area contributed by atoms with Gasteiger partial charge in [0.25, 0.3) is 0 Å². The number of carboxylic acids is 1. The number of hydrogen-bond donors (Lipinski definition) is 3. The first-order valence-corrected chi connectivity index (χ1v) is 6.79. The van der Waals surface area contributed by atoms with Gasteiger partial charge in [0.1, 0.15) is 0 Å². The summed E-state index contributed by atoms with van der Waals surface area (Å²) >= 11 is 0. The van der Waals surface area contributed by atoms with Crippen molar-refractivity contribution >= 4 is 12.0 Å². The van der Waals surface area contributed by atoms with E-state index >= 15 is 0 Å². The van der Waals surface area contributed by atoms with E-state index in [0.29, 0.717) is 19.4 Å². The van der Waals surface area contributed by atoms with Gasteiger partial charge in [0.15, 0.2) is 0 Å². The highest BCUT2D eigenvalue weighted by Crippen LogP contribution is 2.45. The average molecular weight is 270 g/mol. The molecule has 108 valence electrons. The molecule has 0 aromatic carbocycles. The van der Waals surface area contributed by atoms with Gasteiger partial charge in [-0.05, 0) is 31.1 Å². The van der Waals surface area contributed by atoms with Crippen molar-refractivity contribution in [2.24, 2.45) is 10.8 Å².